The molecular weight excluding hydrogens is 509 g/mol. The summed E-state index contributed by atoms with van der Waals surface area (Å²) in [5, 5.41) is 1.60. The topological polar surface area (TPSA) is 26.3 Å². The van der Waals surface area contributed by atoms with E-state index < -0.39 is 7.81 Å². The second-order valence-electron chi connectivity index (χ2n) is 7.47. The van der Waals surface area contributed by atoms with Crippen molar-refractivity contribution in [3.05, 3.63) is 113 Å². The molecule has 0 saturated carbocycles. The Bertz CT molecular complexity index is 1500. The van der Waals surface area contributed by atoms with Crippen LogP contribution in [0, 0.1) is 0 Å². The molecular formula is C25H17F6O2PS. The Morgan fingerprint density at radius 2 is 0.943 bits per heavy atom. The zero-order chi connectivity index (χ0) is 25.3. The first-order valence-electron chi connectivity index (χ1n) is 10.1. The maximum absolute atomic E-state index is 12.9. The zero-order valence-corrected chi connectivity index (χ0v) is 19.5. The number of hydrogen-bond donors (Lipinski definition) is 0. The molecule has 5 aromatic rings. The molecule has 0 fully saturated rings. The van der Waals surface area contributed by atoms with Crippen LogP contribution >= 0.6 is 18.3 Å². The van der Waals surface area contributed by atoms with Crippen molar-refractivity contribution in [3.8, 4) is 16.4 Å². The molecule has 0 radical (unpaired) electrons. The van der Waals surface area contributed by atoms with Gasteiger partial charge in [0, 0.05) is 22.6 Å². The van der Waals surface area contributed by atoms with Gasteiger partial charge in [-0.15, -0.1) is 0 Å². The molecule has 0 amide bonds. The Hall–Kier alpha value is -3.42. The minimum atomic E-state index is -10.7. The summed E-state index contributed by atoms with van der Waals surface area (Å²) in [5.74, 6) is 1.62. The fourth-order valence-corrected chi connectivity index (χ4v) is 5.79. The van der Waals surface area contributed by atoms with Crippen LogP contribution in [-0.4, -0.2) is 0 Å². The van der Waals surface area contributed by atoms with Crippen molar-refractivity contribution < 1.29 is 29.9 Å². The molecule has 1 aromatic heterocycles. The van der Waals surface area contributed by atoms with E-state index in [1.165, 1.54) is 4.90 Å². The molecule has 0 saturated heterocycles. The average Bonchev–Trinajstić information content (AvgIpc) is 2.79. The molecule has 0 unspecified atom stereocenters. The number of fused-ring (bicyclic) bond motifs is 2. The third kappa shape index (κ3) is 6.81. The van der Waals surface area contributed by atoms with Gasteiger partial charge in [-0.05, 0) is 48.5 Å². The van der Waals surface area contributed by atoms with Crippen LogP contribution in [0.1, 0.15) is 0 Å². The van der Waals surface area contributed by atoms with E-state index in [0.29, 0.717) is 0 Å². The number of rotatable bonds is 3. The van der Waals surface area contributed by atoms with Gasteiger partial charge in [-0.25, -0.2) is 0 Å². The summed E-state index contributed by atoms with van der Waals surface area (Å²) in [5.41, 5.74) is 0.110. The molecule has 182 valence electrons. The van der Waals surface area contributed by atoms with Gasteiger partial charge < -0.3 is 4.74 Å². The minimum absolute atomic E-state index is 0.110. The normalized spacial score (nSPS) is 13.4. The molecule has 0 spiro atoms. The number of para-hydroxylation sites is 1. The largest absolute Gasteiger partial charge is 0.457 e. The van der Waals surface area contributed by atoms with Gasteiger partial charge >= 0.3 is 33.0 Å². The van der Waals surface area contributed by atoms with Crippen LogP contribution in [0.2, 0.25) is 0 Å². The van der Waals surface area contributed by atoms with E-state index in [1.807, 2.05) is 78.9 Å². The molecule has 0 aliphatic rings. The summed E-state index contributed by atoms with van der Waals surface area (Å²) >= 11 is 0. The van der Waals surface area contributed by atoms with Gasteiger partial charge in [0.2, 0.25) is 5.43 Å². The van der Waals surface area contributed by atoms with Crippen LogP contribution in [0.5, 0.6) is 11.5 Å². The van der Waals surface area contributed by atoms with Crippen molar-refractivity contribution in [1.82, 2.24) is 0 Å². The van der Waals surface area contributed by atoms with Gasteiger partial charge in [0.25, 0.3) is 0 Å². The van der Waals surface area contributed by atoms with Crippen LogP contribution in [0.25, 0.3) is 25.1 Å². The van der Waals surface area contributed by atoms with Crippen LogP contribution in [0.15, 0.2) is 108 Å². The Labute approximate surface area is 198 Å². The summed E-state index contributed by atoms with van der Waals surface area (Å²) in [6, 6.07) is 33.8. The Kier molecular flexibility index (Phi) is 5.90. The molecule has 0 N–H and O–H groups in total. The average molecular weight is 526 g/mol. The molecule has 0 aliphatic carbocycles. The van der Waals surface area contributed by atoms with Crippen molar-refractivity contribution in [2.75, 3.05) is 0 Å². The molecule has 0 bridgehead atoms. The molecule has 2 nitrogen and oxygen atoms in total. The maximum atomic E-state index is 12.9. The van der Waals surface area contributed by atoms with Crippen LogP contribution in [0.4, 0.5) is 25.2 Å². The van der Waals surface area contributed by atoms with E-state index >= 15 is 0 Å². The van der Waals surface area contributed by atoms with Crippen molar-refractivity contribution in [3.63, 3.8) is 0 Å². The van der Waals surface area contributed by atoms with Crippen LogP contribution in [-0.2, 0) is 0 Å². The number of hydrogen-bond acceptors (Lipinski definition) is 2. The number of benzene rings is 4. The second kappa shape index (κ2) is 8.36. The molecule has 10 heteroatoms. The van der Waals surface area contributed by atoms with Crippen molar-refractivity contribution in [2.24, 2.45) is 0 Å². The Morgan fingerprint density at radius 3 is 1.43 bits per heavy atom. The predicted molar refractivity (Wildman–Crippen MR) is 132 cm³/mol. The summed E-state index contributed by atoms with van der Waals surface area (Å²) in [6.07, 6.45) is 0. The number of halogens is 6. The zero-order valence-electron chi connectivity index (χ0n) is 17.8. The van der Waals surface area contributed by atoms with E-state index in [-0.39, 0.29) is 15.9 Å². The molecule has 4 aromatic carbocycles. The molecule has 0 atom stereocenters. The van der Waals surface area contributed by atoms with Gasteiger partial charge in [0.15, 0.2) is 14.3 Å². The summed E-state index contributed by atoms with van der Waals surface area (Å²) in [6.45, 7) is 0. The first kappa shape index (κ1) is 24.7. The van der Waals surface area contributed by atoms with Crippen LogP contribution < -0.4 is 10.2 Å². The van der Waals surface area contributed by atoms with E-state index in [2.05, 4.69) is 24.3 Å². The van der Waals surface area contributed by atoms with Crippen molar-refractivity contribution in [1.29, 1.82) is 0 Å². The standard InChI is InChI=1S/C25H17O2S.F6P/c26-25-21-10-4-6-12-23(21)28(24-13-7-5-11-22(24)25)20-16-14-19(15-17-20)27-18-8-2-1-3-9-18;1-7(2,3,4,5)6/h1-17H;/q+1;-1. The van der Waals surface area contributed by atoms with Crippen molar-refractivity contribution >= 4 is 38.5 Å². The third-order valence-electron chi connectivity index (χ3n) is 4.74. The second-order valence-corrected chi connectivity index (χ2v) is 11.4. The number of ether oxygens (including phenoxy) is 1. The van der Waals surface area contributed by atoms with Crippen molar-refractivity contribution in [2.45, 2.75) is 0 Å². The molecule has 35 heavy (non-hydrogen) atoms. The van der Waals surface area contributed by atoms with Gasteiger partial charge in [0.05, 0.1) is 10.8 Å². The fraction of sp³-hybridized carbons (Fsp3) is 0. The Morgan fingerprint density at radius 1 is 0.543 bits per heavy atom. The fourth-order valence-electron chi connectivity index (χ4n) is 3.45. The van der Waals surface area contributed by atoms with E-state index in [4.69, 9.17) is 4.74 Å². The van der Waals surface area contributed by atoms with Gasteiger partial charge in [0.1, 0.15) is 11.5 Å². The summed E-state index contributed by atoms with van der Waals surface area (Å²) in [7, 11) is -11.0. The molecule has 1 heterocycles. The predicted octanol–water partition coefficient (Wildman–Crippen LogP) is 10.3. The first-order valence-corrected chi connectivity index (χ1v) is 13.4. The van der Waals surface area contributed by atoms with Gasteiger partial charge in [-0.3, -0.25) is 4.79 Å². The summed E-state index contributed by atoms with van der Waals surface area (Å²) in [4.78, 5) is 14.1. The molecule has 0 aliphatic heterocycles. The smallest absolute Gasteiger partial charge is 0.203 e. The van der Waals surface area contributed by atoms with E-state index in [0.717, 1.165) is 31.7 Å². The quantitative estimate of drug-likeness (QED) is 0.101. The maximum Gasteiger partial charge on any atom is 0.203 e. The third-order valence-corrected chi connectivity index (χ3v) is 7.08. The van der Waals surface area contributed by atoms with E-state index in [9.17, 15) is 30.0 Å². The first-order chi connectivity index (χ1) is 16.3. The van der Waals surface area contributed by atoms with Gasteiger partial charge in [-0.1, -0.05) is 42.5 Å². The van der Waals surface area contributed by atoms with Crippen LogP contribution in [0.3, 0.4) is 0 Å². The van der Waals surface area contributed by atoms with Gasteiger partial charge in [-0.2, -0.15) is 0 Å². The summed E-state index contributed by atoms with van der Waals surface area (Å²) < 4.78 is 67.3. The monoisotopic (exact) mass is 526 g/mol. The minimum Gasteiger partial charge on any atom is -0.457 e. The Balaban J connectivity index is 0.000000364. The van der Waals surface area contributed by atoms with E-state index in [1.54, 1.807) is 0 Å². The molecule has 5 rings (SSSR count). The SMILES string of the molecule is F[P-](F)(F)(F)(F)F.O=c1c2ccccc2[s+](-c2ccc(Oc3ccccc3)cc2)c2ccccc12.